The number of phenols is 1. The van der Waals surface area contributed by atoms with Crippen LogP contribution in [0.25, 0.3) is 17.0 Å². The molecule has 0 bridgehead atoms. The van der Waals surface area contributed by atoms with E-state index in [4.69, 9.17) is 23.7 Å². The Hall–Kier alpha value is -4.73. The minimum atomic E-state index is -1.42. The number of aromatic nitrogens is 1. The Morgan fingerprint density at radius 2 is 1.70 bits per heavy atom. The highest BCUT2D eigenvalue weighted by atomic mass is 16.7. The van der Waals surface area contributed by atoms with Crippen molar-refractivity contribution < 1.29 is 53.1 Å². The molecule has 4 fully saturated rings. The number of benzene rings is 2. The number of nitrogens with one attached hydrogen (secondary N) is 1. The number of fused-ring (bicyclic) bond motifs is 2. The second kappa shape index (κ2) is 20.9. The maximum absolute atomic E-state index is 14.8. The highest BCUT2D eigenvalue weighted by Crippen LogP contribution is 2.41. The van der Waals surface area contributed by atoms with Gasteiger partial charge in [0.15, 0.2) is 17.7 Å². The zero-order valence-corrected chi connectivity index (χ0v) is 40.6. The number of cyclic esters (lactones) is 1. The van der Waals surface area contributed by atoms with Crippen molar-refractivity contribution >= 4 is 40.6 Å². The lowest BCUT2D eigenvalue weighted by Gasteiger charge is -2.47. The molecule has 4 heterocycles. The fourth-order valence-corrected chi connectivity index (χ4v) is 11.3. The molecule has 1 saturated carbocycles. The number of hydrogen-bond donors (Lipinski definition) is 3. The van der Waals surface area contributed by atoms with Gasteiger partial charge in [0.05, 0.1) is 36.0 Å². The SMILES string of the molecule is CC[C@@H]1OC(=O)[C@H](C)C(=O)[C@H](C)[C@@H](OC2O[C@H](C)C[C@H](N(C)Cc3cc(C4CCCC4)ccc3O)[C@H]2O)[C@@](C)(OC/C=C/c2cnc3ccccc3c2)C[C@@H](C)C(=O)[C@@H](C)[C@H]2NC(=O)O[C@]12C. The second-order valence-electron chi connectivity index (χ2n) is 20.2. The first-order valence-corrected chi connectivity index (χ1v) is 24.3. The lowest BCUT2D eigenvalue weighted by atomic mass is 9.73. The molecule has 3 saturated heterocycles. The summed E-state index contributed by atoms with van der Waals surface area (Å²) in [6, 6.07) is 14.3. The molecular formula is C53H71N3O11. The van der Waals surface area contributed by atoms with Gasteiger partial charge in [-0.3, -0.25) is 24.3 Å². The van der Waals surface area contributed by atoms with Gasteiger partial charge in [0.25, 0.3) is 0 Å². The molecule has 14 heteroatoms. The number of aliphatic hydroxyl groups excluding tert-OH is 1. The number of rotatable bonds is 11. The zero-order chi connectivity index (χ0) is 48.4. The van der Waals surface area contributed by atoms with Crippen molar-refractivity contribution in [1.29, 1.82) is 0 Å². The molecule has 0 radical (unpaired) electrons. The number of esters is 1. The number of pyridine rings is 1. The first kappa shape index (κ1) is 50.2. The van der Waals surface area contributed by atoms with Crippen LogP contribution >= 0.6 is 0 Å². The van der Waals surface area contributed by atoms with Gasteiger partial charge < -0.3 is 39.2 Å². The predicted octanol–water partition coefficient (Wildman–Crippen LogP) is 8.04. The molecule has 1 unspecified atom stereocenters. The summed E-state index contributed by atoms with van der Waals surface area (Å²) in [6.07, 6.45) is 5.09. The monoisotopic (exact) mass is 926 g/mol. The van der Waals surface area contributed by atoms with E-state index in [1.807, 2.05) is 67.4 Å². The molecule has 364 valence electrons. The van der Waals surface area contributed by atoms with Crippen molar-refractivity contribution in [3.8, 4) is 5.75 Å². The average Bonchev–Trinajstić information content (AvgIpc) is 3.96. The molecule has 3 N–H and O–H groups in total. The first-order valence-electron chi connectivity index (χ1n) is 24.3. The number of likely N-dealkylation sites (N-methyl/N-ethyl adjacent to an activating group) is 1. The van der Waals surface area contributed by atoms with E-state index in [0.717, 1.165) is 34.9 Å². The Labute approximate surface area is 395 Å². The number of para-hydroxylation sites is 1. The van der Waals surface area contributed by atoms with Gasteiger partial charge >= 0.3 is 12.1 Å². The highest BCUT2D eigenvalue weighted by Gasteiger charge is 2.57. The molecule has 7 rings (SSSR count). The molecule has 1 aromatic heterocycles. The summed E-state index contributed by atoms with van der Waals surface area (Å²) in [6.45, 7) is 14.2. The Bertz CT molecular complexity index is 2300. The smallest absolute Gasteiger partial charge is 0.408 e. The zero-order valence-electron chi connectivity index (χ0n) is 40.6. The number of amides is 1. The number of carbonyl (C=O) groups is 4. The molecule has 1 amide bonds. The average molecular weight is 926 g/mol. The second-order valence-corrected chi connectivity index (χ2v) is 20.2. The van der Waals surface area contributed by atoms with Crippen LogP contribution in [0.2, 0.25) is 0 Å². The Morgan fingerprint density at radius 1 is 0.970 bits per heavy atom. The molecule has 14 nitrogen and oxygen atoms in total. The quantitative estimate of drug-likeness (QED) is 0.124. The Morgan fingerprint density at radius 3 is 2.43 bits per heavy atom. The van der Waals surface area contributed by atoms with Crippen LogP contribution in [0.3, 0.4) is 0 Å². The highest BCUT2D eigenvalue weighted by molar-refractivity contribution is 6.00. The molecular weight excluding hydrogens is 855 g/mol. The van der Waals surface area contributed by atoms with E-state index in [-0.39, 0.29) is 31.0 Å². The van der Waals surface area contributed by atoms with E-state index in [2.05, 4.69) is 16.4 Å². The molecule has 13 atom stereocenters. The molecule has 0 spiro atoms. The van der Waals surface area contributed by atoms with Crippen molar-refractivity contribution in [3.63, 3.8) is 0 Å². The number of alkyl carbamates (subject to hydrolysis) is 1. The van der Waals surface area contributed by atoms with Gasteiger partial charge in [-0.25, -0.2) is 4.79 Å². The summed E-state index contributed by atoms with van der Waals surface area (Å²) in [5.74, 6) is -4.72. The van der Waals surface area contributed by atoms with Gasteiger partial charge in [-0.05, 0) is 102 Å². The van der Waals surface area contributed by atoms with Gasteiger partial charge in [0, 0.05) is 47.5 Å². The van der Waals surface area contributed by atoms with Crippen LogP contribution in [0.5, 0.6) is 5.75 Å². The van der Waals surface area contributed by atoms with Crippen LogP contribution < -0.4 is 5.32 Å². The number of ketones is 2. The summed E-state index contributed by atoms with van der Waals surface area (Å²) >= 11 is 0. The van der Waals surface area contributed by atoms with Gasteiger partial charge in [-0.15, -0.1) is 0 Å². The number of phenolic OH excluding ortho intramolecular Hbond substituents is 1. The molecule has 67 heavy (non-hydrogen) atoms. The van der Waals surface area contributed by atoms with Crippen LogP contribution in [-0.2, 0) is 44.6 Å². The molecule has 2 aromatic carbocycles. The summed E-state index contributed by atoms with van der Waals surface area (Å²) in [7, 11) is 1.90. The fraction of sp³-hybridized carbons (Fsp3) is 0.604. The summed E-state index contributed by atoms with van der Waals surface area (Å²) in [4.78, 5) is 62.9. The van der Waals surface area contributed by atoms with Crippen LogP contribution in [0.4, 0.5) is 4.79 Å². The van der Waals surface area contributed by atoms with Gasteiger partial charge in [0.1, 0.15) is 29.7 Å². The lowest BCUT2D eigenvalue weighted by Crippen LogP contribution is -2.60. The van der Waals surface area contributed by atoms with E-state index in [0.29, 0.717) is 18.9 Å². The minimum absolute atomic E-state index is 0.0280. The largest absolute Gasteiger partial charge is 0.508 e. The van der Waals surface area contributed by atoms with Crippen LogP contribution in [0.1, 0.15) is 123 Å². The third kappa shape index (κ3) is 10.8. The molecule has 3 aliphatic heterocycles. The van der Waals surface area contributed by atoms with Crippen LogP contribution in [-0.4, -0.2) is 111 Å². The third-order valence-corrected chi connectivity index (χ3v) is 15.1. The fourth-order valence-electron chi connectivity index (χ4n) is 11.3. The summed E-state index contributed by atoms with van der Waals surface area (Å²) in [5, 5.41) is 27.1. The Balaban J connectivity index is 1.22. The number of aliphatic hydroxyl groups is 1. The van der Waals surface area contributed by atoms with Gasteiger partial charge in [-0.1, -0.05) is 83.0 Å². The standard InChI is InChI=1S/C53H71N3O11/c1-10-43-53(8)47(55-51(62)67-53)32(4)44(58)30(2)27-52(7,63-23-15-16-35-25-38-19-13-14-20-40(38)54-28-35)48(33(5)45(59)34(6)49(61)65-43)66-50-46(60)41(24-31(3)64-50)56(9)29-39-26-37(21-22-42(39)57)36-17-11-12-18-36/h13-16,19-22,25-26,28,30-34,36,41,43,46-48,50,57,60H,10-12,17-18,23-24,27,29H2,1-9H3,(H,55,62)/b16-15+/t30-,31-,32-,33+,34-,41+,43+,46-,47-,48-,50?,52+,53-/m1/s1. The van der Waals surface area contributed by atoms with Crippen molar-refractivity contribution in [2.45, 2.75) is 167 Å². The van der Waals surface area contributed by atoms with Gasteiger partial charge in [0.2, 0.25) is 0 Å². The minimum Gasteiger partial charge on any atom is -0.508 e. The predicted molar refractivity (Wildman–Crippen MR) is 253 cm³/mol. The summed E-state index contributed by atoms with van der Waals surface area (Å²) in [5.41, 5.74) is 0.842. The topological polar surface area (TPSA) is 183 Å². The number of ether oxygens (including phenoxy) is 5. The van der Waals surface area contributed by atoms with Gasteiger partial charge in [-0.2, -0.15) is 0 Å². The van der Waals surface area contributed by atoms with E-state index in [1.165, 1.54) is 25.3 Å². The first-order chi connectivity index (χ1) is 31.8. The summed E-state index contributed by atoms with van der Waals surface area (Å²) < 4.78 is 32.0. The maximum atomic E-state index is 14.8. The number of Topliss-reactive ketones (excluding diaryl/α,β-unsaturated/α-hetero) is 2. The molecule has 3 aromatic rings. The molecule has 4 aliphatic rings. The number of carbonyl (C=O) groups excluding carboxylic acids is 4. The van der Waals surface area contributed by atoms with Crippen molar-refractivity contribution in [3.05, 3.63) is 77.5 Å². The number of nitrogens with zero attached hydrogens (tertiary/aromatic N) is 2. The van der Waals surface area contributed by atoms with E-state index >= 15 is 0 Å². The normalized spacial score (nSPS) is 34.8. The lowest BCUT2D eigenvalue weighted by molar-refractivity contribution is -0.297. The number of aromatic hydroxyl groups is 1. The van der Waals surface area contributed by atoms with Crippen LogP contribution in [0, 0.1) is 23.7 Å². The van der Waals surface area contributed by atoms with E-state index < -0.39 is 95.5 Å². The van der Waals surface area contributed by atoms with Crippen LogP contribution in [0.15, 0.2) is 60.8 Å². The van der Waals surface area contributed by atoms with Crippen molar-refractivity contribution in [2.75, 3.05) is 13.7 Å². The van der Waals surface area contributed by atoms with E-state index in [9.17, 15) is 29.4 Å². The molecule has 1 aliphatic carbocycles. The maximum Gasteiger partial charge on any atom is 0.408 e. The Kier molecular flexibility index (Phi) is 15.6. The van der Waals surface area contributed by atoms with Crippen molar-refractivity contribution in [1.82, 2.24) is 15.2 Å². The van der Waals surface area contributed by atoms with E-state index in [1.54, 1.807) is 53.8 Å². The van der Waals surface area contributed by atoms with Crippen molar-refractivity contribution in [2.24, 2.45) is 23.7 Å². The number of hydrogen-bond acceptors (Lipinski definition) is 13. The third-order valence-electron chi connectivity index (χ3n) is 15.1.